The summed E-state index contributed by atoms with van der Waals surface area (Å²) in [6.07, 6.45) is 1.54. The van der Waals surface area contributed by atoms with Crippen LogP contribution in [0.25, 0.3) is 0 Å². The first-order valence-electron chi connectivity index (χ1n) is 11.1. The predicted octanol–water partition coefficient (Wildman–Crippen LogP) is 3.56. The molecule has 2 N–H and O–H groups in total. The second-order valence-electron chi connectivity index (χ2n) is 8.18. The van der Waals surface area contributed by atoms with Crippen LogP contribution in [-0.2, 0) is 20.9 Å². The maximum Gasteiger partial charge on any atom is 0.240 e. The third-order valence-corrected chi connectivity index (χ3v) is 5.98. The summed E-state index contributed by atoms with van der Waals surface area (Å²) in [5.41, 5.74) is 3.41. The molecule has 3 aromatic rings. The Kier molecular flexibility index (Phi) is 7.61. The number of fused-ring (bicyclic) bond motifs is 1. The molecule has 35 heavy (non-hydrogen) atoms. The van der Waals surface area contributed by atoms with Crippen LogP contribution in [0.1, 0.15) is 29.5 Å². The van der Waals surface area contributed by atoms with Gasteiger partial charge in [0, 0.05) is 36.7 Å². The van der Waals surface area contributed by atoms with Gasteiger partial charge in [-0.1, -0.05) is 12.1 Å². The molecule has 0 fully saturated rings. The molecule has 182 valence electrons. The van der Waals surface area contributed by atoms with Gasteiger partial charge in [-0.25, -0.2) is 4.98 Å². The Morgan fingerprint density at radius 3 is 2.51 bits per heavy atom. The maximum atomic E-state index is 13.1. The Bertz CT molecular complexity index is 1210. The summed E-state index contributed by atoms with van der Waals surface area (Å²) in [4.78, 5) is 43.6. The van der Waals surface area contributed by atoms with Crippen molar-refractivity contribution in [3.63, 3.8) is 0 Å². The van der Waals surface area contributed by atoms with Gasteiger partial charge in [0.25, 0.3) is 0 Å². The Hall–Kier alpha value is -3.92. The summed E-state index contributed by atoms with van der Waals surface area (Å²) < 4.78 is 10.7. The number of aromatic nitrogens is 1. The van der Waals surface area contributed by atoms with Gasteiger partial charge in [0.05, 0.1) is 0 Å². The Balaban J connectivity index is 1.40. The van der Waals surface area contributed by atoms with Crippen LogP contribution >= 0.6 is 11.3 Å². The molecule has 0 bridgehead atoms. The highest BCUT2D eigenvalue weighted by Gasteiger charge is 2.21. The summed E-state index contributed by atoms with van der Waals surface area (Å²) >= 11 is 1.30. The van der Waals surface area contributed by atoms with Gasteiger partial charge < -0.3 is 25.0 Å². The first-order chi connectivity index (χ1) is 16.9. The normalized spacial score (nSPS) is 11.7. The number of amides is 3. The highest BCUT2D eigenvalue weighted by molar-refractivity contribution is 7.13. The average Bonchev–Trinajstić information content (AvgIpc) is 3.50. The number of nitrogens with zero attached hydrogens (tertiary/aromatic N) is 2. The summed E-state index contributed by atoms with van der Waals surface area (Å²) in [6.45, 7) is 4.15. The van der Waals surface area contributed by atoms with Crippen molar-refractivity contribution in [2.45, 2.75) is 33.2 Å². The van der Waals surface area contributed by atoms with Crippen molar-refractivity contribution < 1.29 is 23.9 Å². The molecule has 2 aromatic carbocycles. The third kappa shape index (κ3) is 6.57. The molecule has 0 aliphatic carbocycles. The topological polar surface area (TPSA) is 110 Å². The number of rotatable bonds is 9. The van der Waals surface area contributed by atoms with Crippen molar-refractivity contribution in [1.29, 1.82) is 0 Å². The average molecular weight is 495 g/mol. The fraction of sp³-hybridized carbons (Fsp3) is 0.280. The molecule has 2 heterocycles. The SMILES string of the molecule is Cc1cc(C)cc(N(CC(=O)NCc2ccc3c(c2)OCO3)C(=O)CCC(=O)Nc2nccs2)c1. The van der Waals surface area contributed by atoms with Gasteiger partial charge >= 0.3 is 0 Å². The van der Waals surface area contributed by atoms with E-state index in [0.717, 1.165) is 16.7 Å². The van der Waals surface area contributed by atoms with E-state index in [-0.39, 0.29) is 50.4 Å². The van der Waals surface area contributed by atoms with Crippen LogP contribution in [0.3, 0.4) is 0 Å². The van der Waals surface area contributed by atoms with E-state index in [9.17, 15) is 14.4 Å². The molecular weight excluding hydrogens is 468 g/mol. The highest BCUT2D eigenvalue weighted by atomic mass is 32.1. The zero-order chi connectivity index (χ0) is 24.8. The van der Waals surface area contributed by atoms with Gasteiger partial charge in [0.2, 0.25) is 24.5 Å². The molecule has 9 nitrogen and oxygen atoms in total. The molecule has 1 aliphatic rings. The lowest BCUT2D eigenvalue weighted by Gasteiger charge is -2.23. The molecule has 1 aliphatic heterocycles. The zero-order valence-corrected chi connectivity index (χ0v) is 20.3. The van der Waals surface area contributed by atoms with Crippen molar-refractivity contribution >= 4 is 39.9 Å². The number of aryl methyl sites for hydroxylation is 2. The van der Waals surface area contributed by atoms with E-state index in [1.807, 2.05) is 44.2 Å². The lowest BCUT2D eigenvalue weighted by Crippen LogP contribution is -2.41. The number of nitrogens with one attached hydrogen (secondary N) is 2. The molecule has 0 atom stereocenters. The molecule has 1 aromatic heterocycles. The number of hydrogen-bond acceptors (Lipinski definition) is 7. The van der Waals surface area contributed by atoms with Crippen molar-refractivity contribution in [3.8, 4) is 11.5 Å². The van der Waals surface area contributed by atoms with Gasteiger partial charge in [0.15, 0.2) is 16.6 Å². The molecule has 0 radical (unpaired) electrons. The molecule has 4 rings (SSSR count). The van der Waals surface area contributed by atoms with E-state index in [4.69, 9.17) is 9.47 Å². The summed E-state index contributed by atoms with van der Waals surface area (Å²) in [7, 11) is 0. The molecule has 0 unspecified atom stereocenters. The van der Waals surface area contributed by atoms with Crippen LogP contribution in [0.15, 0.2) is 48.0 Å². The minimum absolute atomic E-state index is 0.0154. The van der Waals surface area contributed by atoms with Gasteiger partial charge in [-0.2, -0.15) is 0 Å². The van der Waals surface area contributed by atoms with Crippen LogP contribution in [0.2, 0.25) is 0 Å². The van der Waals surface area contributed by atoms with Crippen LogP contribution in [0, 0.1) is 13.8 Å². The summed E-state index contributed by atoms with van der Waals surface area (Å²) in [5.74, 6) is 0.372. The quantitative estimate of drug-likeness (QED) is 0.471. The largest absolute Gasteiger partial charge is 0.454 e. The Morgan fingerprint density at radius 1 is 1.00 bits per heavy atom. The first-order valence-corrected chi connectivity index (χ1v) is 12.0. The molecular formula is C25H26N4O5S. The van der Waals surface area contributed by atoms with Crippen molar-refractivity contribution in [2.24, 2.45) is 0 Å². The lowest BCUT2D eigenvalue weighted by molar-refractivity contribution is -0.125. The van der Waals surface area contributed by atoms with Crippen LogP contribution in [0.4, 0.5) is 10.8 Å². The van der Waals surface area contributed by atoms with Gasteiger partial charge in [-0.05, 0) is 54.8 Å². The number of ether oxygens (including phenoxy) is 2. The van der Waals surface area contributed by atoms with Gasteiger partial charge in [-0.15, -0.1) is 11.3 Å². The summed E-state index contributed by atoms with van der Waals surface area (Å²) in [6, 6.07) is 11.2. The zero-order valence-electron chi connectivity index (χ0n) is 19.5. The second kappa shape index (κ2) is 11.0. The first kappa shape index (κ1) is 24.2. The Morgan fingerprint density at radius 2 is 1.77 bits per heavy atom. The molecule has 0 spiro atoms. The fourth-order valence-electron chi connectivity index (χ4n) is 3.70. The van der Waals surface area contributed by atoms with Crippen molar-refractivity contribution in [2.75, 3.05) is 23.6 Å². The summed E-state index contributed by atoms with van der Waals surface area (Å²) in [5, 5.41) is 7.76. The molecule has 0 saturated carbocycles. The number of anilines is 2. The Labute approximate surface area is 207 Å². The van der Waals surface area contributed by atoms with E-state index < -0.39 is 0 Å². The number of thiazole rings is 1. The van der Waals surface area contributed by atoms with E-state index in [1.165, 1.54) is 16.2 Å². The molecule has 3 amide bonds. The highest BCUT2D eigenvalue weighted by Crippen LogP contribution is 2.32. The number of hydrogen-bond donors (Lipinski definition) is 2. The number of carbonyl (C=O) groups is 3. The van der Waals surface area contributed by atoms with E-state index >= 15 is 0 Å². The maximum absolute atomic E-state index is 13.1. The van der Waals surface area contributed by atoms with Crippen LogP contribution < -0.4 is 25.0 Å². The van der Waals surface area contributed by atoms with Crippen molar-refractivity contribution in [1.82, 2.24) is 10.3 Å². The number of carbonyl (C=O) groups excluding carboxylic acids is 3. The minimum Gasteiger partial charge on any atom is -0.454 e. The monoisotopic (exact) mass is 494 g/mol. The fourth-order valence-corrected chi connectivity index (χ4v) is 4.25. The van der Waals surface area contributed by atoms with Gasteiger partial charge in [0.1, 0.15) is 6.54 Å². The van der Waals surface area contributed by atoms with Crippen LogP contribution in [-0.4, -0.2) is 36.0 Å². The van der Waals surface area contributed by atoms with Gasteiger partial charge in [-0.3, -0.25) is 14.4 Å². The lowest BCUT2D eigenvalue weighted by atomic mass is 10.1. The number of benzene rings is 2. The smallest absolute Gasteiger partial charge is 0.240 e. The second-order valence-corrected chi connectivity index (χ2v) is 9.07. The standard InChI is InChI=1S/C25H26N4O5S/c1-16-9-17(2)11-19(10-16)29(24(32)6-5-22(30)28-25-26-7-8-35-25)14-23(31)27-13-18-3-4-20-21(12-18)34-15-33-20/h3-4,7-12H,5-6,13-15H2,1-2H3,(H,27,31)(H,26,28,30). The molecule has 0 saturated heterocycles. The predicted molar refractivity (Wildman–Crippen MR) is 133 cm³/mol. The molecule has 10 heteroatoms. The van der Waals surface area contributed by atoms with E-state index in [2.05, 4.69) is 15.6 Å². The third-order valence-electron chi connectivity index (χ3n) is 5.29. The minimum atomic E-state index is -0.317. The van der Waals surface area contributed by atoms with E-state index in [0.29, 0.717) is 22.3 Å². The van der Waals surface area contributed by atoms with Crippen LogP contribution in [0.5, 0.6) is 11.5 Å². The van der Waals surface area contributed by atoms with E-state index in [1.54, 1.807) is 17.6 Å². The van der Waals surface area contributed by atoms with Crippen molar-refractivity contribution in [3.05, 3.63) is 64.7 Å².